The molecular weight excluding hydrogens is 508 g/mol. The van der Waals surface area contributed by atoms with Gasteiger partial charge in [0.25, 0.3) is 0 Å². The monoisotopic (exact) mass is 519 g/mol. The molecule has 0 aliphatic carbocycles. The summed E-state index contributed by atoms with van der Waals surface area (Å²) < 4.78 is 82.1. The summed E-state index contributed by atoms with van der Waals surface area (Å²) in [5.41, 5.74) is -1.08. The van der Waals surface area contributed by atoms with Crippen molar-refractivity contribution < 1.29 is 26.3 Å². The quantitative estimate of drug-likeness (QED) is 0.267. The molecule has 1 unspecified atom stereocenters. The van der Waals surface area contributed by atoms with Crippen LogP contribution in [0.5, 0.6) is 0 Å². The number of thiophene rings is 1. The molecule has 178 valence electrons. The Bertz CT molecular complexity index is 1600. The average molecular weight is 520 g/mol. The normalized spacial score (nSPS) is 14.1. The van der Waals surface area contributed by atoms with Gasteiger partial charge in [-0.05, 0) is 32.4 Å². The van der Waals surface area contributed by atoms with Crippen LogP contribution in [0.2, 0.25) is 5.02 Å². The van der Waals surface area contributed by atoms with Crippen LogP contribution in [0.3, 0.4) is 0 Å². The van der Waals surface area contributed by atoms with Crippen molar-refractivity contribution in [3.63, 3.8) is 0 Å². The second-order valence-corrected chi connectivity index (χ2v) is 9.01. The van der Waals surface area contributed by atoms with Crippen molar-refractivity contribution >= 4 is 49.0 Å². The summed E-state index contributed by atoms with van der Waals surface area (Å²) in [5, 5.41) is 7.86. The molecule has 1 atom stereocenters. The van der Waals surface area contributed by atoms with Crippen LogP contribution < -0.4 is 0 Å². The number of halogens is 7. The van der Waals surface area contributed by atoms with Crippen molar-refractivity contribution in [3.8, 4) is 0 Å². The maximum atomic E-state index is 13.2. The Morgan fingerprint density at radius 2 is 1.74 bits per heavy atom. The first-order valence-corrected chi connectivity index (χ1v) is 10.8. The van der Waals surface area contributed by atoms with Gasteiger partial charge in [-0.15, -0.1) is 16.4 Å². The molecule has 0 radical (unpaired) electrons. The standard InChI is InChI=1S/C19H12ClF6N7S/c1-6-4-9(18(21,22)23)28-17-10(6)12-13(34-17)16-29-15(31-32(16)5-27-12)8(3)33-7(2)11(20)14(30-33)19(24,25)26/h4-5,8H,1-3H3. The minimum absolute atomic E-state index is 0.0880. The van der Waals surface area contributed by atoms with Gasteiger partial charge in [-0.3, -0.25) is 4.68 Å². The van der Waals surface area contributed by atoms with Crippen LogP contribution in [-0.4, -0.2) is 34.3 Å². The van der Waals surface area contributed by atoms with E-state index in [9.17, 15) is 26.3 Å². The molecule has 0 bridgehead atoms. The molecule has 0 aromatic carbocycles. The summed E-state index contributed by atoms with van der Waals surface area (Å²) in [4.78, 5) is 12.7. The van der Waals surface area contributed by atoms with Crippen molar-refractivity contribution in [2.75, 3.05) is 0 Å². The van der Waals surface area contributed by atoms with Crippen LogP contribution in [0, 0.1) is 13.8 Å². The molecule has 5 aromatic heterocycles. The van der Waals surface area contributed by atoms with Crippen LogP contribution >= 0.6 is 22.9 Å². The van der Waals surface area contributed by atoms with E-state index in [-0.39, 0.29) is 22.0 Å². The predicted octanol–water partition coefficient (Wildman–Crippen LogP) is 6.00. The van der Waals surface area contributed by atoms with Gasteiger partial charge in [-0.25, -0.2) is 19.5 Å². The number of nitrogens with zero attached hydrogens (tertiary/aromatic N) is 7. The largest absolute Gasteiger partial charge is 0.436 e. The molecule has 0 amide bonds. The molecule has 5 rings (SSSR count). The van der Waals surface area contributed by atoms with E-state index >= 15 is 0 Å². The SMILES string of the molecule is Cc1cc(C(F)(F)F)nc2sc3c(ncn4nc(C(C)n5nc(C(F)(F)F)c(Cl)c5C)nc34)c12. The molecule has 0 aliphatic heterocycles. The fourth-order valence-electron chi connectivity index (χ4n) is 3.71. The molecule has 0 saturated carbocycles. The number of hydrogen-bond donors (Lipinski definition) is 0. The summed E-state index contributed by atoms with van der Waals surface area (Å²) in [6, 6.07) is 0.134. The van der Waals surface area contributed by atoms with Crippen LogP contribution in [0.25, 0.3) is 26.1 Å². The van der Waals surface area contributed by atoms with E-state index in [4.69, 9.17) is 11.6 Å². The third-order valence-electron chi connectivity index (χ3n) is 5.36. The van der Waals surface area contributed by atoms with Crippen molar-refractivity contribution in [2.24, 2.45) is 0 Å². The highest BCUT2D eigenvalue weighted by Crippen LogP contribution is 2.39. The minimum atomic E-state index is -4.73. The lowest BCUT2D eigenvalue weighted by Gasteiger charge is -2.10. The summed E-state index contributed by atoms with van der Waals surface area (Å²) in [6.45, 7) is 4.49. The fraction of sp³-hybridized carbons (Fsp3) is 0.316. The number of rotatable bonds is 2. The summed E-state index contributed by atoms with van der Waals surface area (Å²) in [5.74, 6) is 0.128. The van der Waals surface area contributed by atoms with E-state index < -0.39 is 34.8 Å². The molecule has 5 heterocycles. The molecule has 5 aromatic rings. The van der Waals surface area contributed by atoms with Gasteiger partial charge in [0, 0.05) is 5.39 Å². The lowest BCUT2D eigenvalue weighted by Crippen LogP contribution is -2.14. The van der Waals surface area contributed by atoms with Crippen molar-refractivity contribution in [1.29, 1.82) is 0 Å². The Kier molecular flexibility index (Phi) is 4.86. The molecule has 0 saturated heterocycles. The first kappa shape index (κ1) is 22.8. The summed E-state index contributed by atoms with van der Waals surface area (Å²) in [7, 11) is 0. The highest BCUT2D eigenvalue weighted by Gasteiger charge is 2.39. The Hall–Kier alpha value is -3.00. The van der Waals surface area contributed by atoms with Gasteiger partial charge >= 0.3 is 12.4 Å². The molecular formula is C19H12ClF6N7S. The molecule has 0 fully saturated rings. The summed E-state index contributed by atoms with van der Waals surface area (Å²) >= 11 is 6.83. The van der Waals surface area contributed by atoms with Gasteiger partial charge in [0.1, 0.15) is 27.6 Å². The Morgan fingerprint density at radius 3 is 2.35 bits per heavy atom. The highest BCUT2D eigenvalue weighted by atomic mass is 35.5. The van der Waals surface area contributed by atoms with Crippen molar-refractivity contribution in [1.82, 2.24) is 34.3 Å². The number of fused-ring (bicyclic) bond motifs is 5. The Labute approximate surface area is 195 Å². The van der Waals surface area contributed by atoms with E-state index in [2.05, 4.69) is 25.1 Å². The topological polar surface area (TPSA) is 73.8 Å². The van der Waals surface area contributed by atoms with E-state index in [1.807, 2.05) is 0 Å². The number of alkyl halides is 6. The van der Waals surface area contributed by atoms with Gasteiger partial charge in [0.15, 0.2) is 17.2 Å². The van der Waals surface area contributed by atoms with Gasteiger partial charge < -0.3 is 0 Å². The zero-order valence-electron chi connectivity index (χ0n) is 17.4. The maximum absolute atomic E-state index is 13.2. The van der Waals surface area contributed by atoms with Gasteiger partial charge in [0.05, 0.1) is 16.2 Å². The number of pyridine rings is 1. The first-order chi connectivity index (χ1) is 15.8. The fourth-order valence-corrected chi connectivity index (χ4v) is 5.13. The molecule has 0 aliphatic rings. The zero-order chi connectivity index (χ0) is 24.7. The van der Waals surface area contributed by atoms with Crippen molar-refractivity contribution in [3.05, 3.63) is 45.9 Å². The predicted molar refractivity (Wildman–Crippen MR) is 112 cm³/mol. The Balaban J connectivity index is 1.67. The van der Waals surface area contributed by atoms with Gasteiger partial charge in [-0.2, -0.15) is 31.4 Å². The van der Waals surface area contributed by atoms with Crippen LogP contribution in [0.4, 0.5) is 26.3 Å². The first-order valence-electron chi connectivity index (χ1n) is 9.61. The molecule has 7 nitrogen and oxygen atoms in total. The van der Waals surface area contributed by atoms with E-state index in [1.165, 1.54) is 24.7 Å². The van der Waals surface area contributed by atoms with Crippen molar-refractivity contribution in [2.45, 2.75) is 39.2 Å². The number of aryl methyl sites for hydroxylation is 1. The minimum Gasteiger partial charge on any atom is -0.257 e. The van der Waals surface area contributed by atoms with Gasteiger partial charge in [-0.1, -0.05) is 11.6 Å². The third kappa shape index (κ3) is 3.38. The lowest BCUT2D eigenvalue weighted by atomic mass is 10.1. The van der Waals surface area contributed by atoms with E-state index in [1.54, 1.807) is 6.92 Å². The third-order valence-corrected chi connectivity index (χ3v) is 6.88. The number of aromatic nitrogens is 7. The molecule has 15 heteroatoms. The second-order valence-electron chi connectivity index (χ2n) is 7.63. The van der Waals surface area contributed by atoms with Crippen LogP contribution in [-0.2, 0) is 12.4 Å². The van der Waals surface area contributed by atoms with Crippen LogP contribution in [0.1, 0.15) is 41.4 Å². The summed E-state index contributed by atoms with van der Waals surface area (Å²) in [6.07, 6.45) is -7.99. The smallest absolute Gasteiger partial charge is 0.257 e. The Morgan fingerprint density at radius 1 is 1.03 bits per heavy atom. The number of hydrogen-bond acceptors (Lipinski definition) is 6. The van der Waals surface area contributed by atoms with Gasteiger partial charge in [0.2, 0.25) is 0 Å². The second kappa shape index (κ2) is 7.25. The molecule has 0 spiro atoms. The van der Waals surface area contributed by atoms with E-state index in [0.29, 0.717) is 21.2 Å². The molecule has 0 N–H and O–H groups in total. The highest BCUT2D eigenvalue weighted by molar-refractivity contribution is 7.26. The lowest BCUT2D eigenvalue weighted by molar-refractivity contribution is -0.142. The molecule has 34 heavy (non-hydrogen) atoms. The zero-order valence-corrected chi connectivity index (χ0v) is 19.0. The van der Waals surface area contributed by atoms with Crippen LogP contribution in [0.15, 0.2) is 12.4 Å². The maximum Gasteiger partial charge on any atom is 0.436 e. The average Bonchev–Trinajstić information content (AvgIpc) is 3.40. The van der Waals surface area contributed by atoms with E-state index in [0.717, 1.165) is 22.1 Å².